The van der Waals surface area contributed by atoms with Gasteiger partial charge in [-0.15, -0.1) is 0 Å². The van der Waals surface area contributed by atoms with Crippen molar-refractivity contribution in [2.45, 2.75) is 12.6 Å². The van der Waals surface area contributed by atoms with Crippen LogP contribution in [0.4, 0.5) is 4.79 Å². The molecule has 1 atom stereocenters. The van der Waals surface area contributed by atoms with Gasteiger partial charge in [-0.25, -0.2) is 4.79 Å². The van der Waals surface area contributed by atoms with Crippen molar-refractivity contribution in [3.8, 4) is 11.8 Å². The normalized spacial score (nSPS) is 17.3. The molecule has 1 aromatic carbocycles. The number of rotatable bonds is 2. The third-order valence-corrected chi connectivity index (χ3v) is 3.24. The molecule has 3 amide bonds. The molecule has 1 saturated heterocycles. The van der Waals surface area contributed by atoms with Crippen LogP contribution in [0.1, 0.15) is 11.3 Å². The van der Waals surface area contributed by atoms with Gasteiger partial charge in [0.25, 0.3) is 5.91 Å². The molecule has 22 heavy (non-hydrogen) atoms. The first-order chi connectivity index (χ1) is 10.5. The Kier molecular flexibility index (Phi) is 3.53. The minimum Gasteiger partial charge on any atom is -0.316 e. The predicted molar refractivity (Wildman–Crippen MR) is 80.8 cm³/mol. The molecule has 3 N–H and O–H groups in total. The quantitative estimate of drug-likeness (QED) is 0.545. The molecular formula is C15H15N5O2. The van der Waals surface area contributed by atoms with E-state index in [9.17, 15) is 9.59 Å². The standard InChI is InChI=1S/C15H15N5O2/c1-20(2)8-13-10-5-3-9(7-12(10)18-19-13)4-6-11-14(21)17-15(22)16-11/h3,5,7,11H,8H2,1-2H3,(H,18,19)(H2,16,17,21,22). The minimum absolute atomic E-state index is 0.424. The predicted octanol–water partition coefficient (Wildman–Crippen LogP) is 0.184. The number of H-pyrrole nitrogens is 1. The lowest BCUT2D eigenvalue weighted by Gasteiger charge is -2.07. The zero-order chi connectivity index (χ0) is 15.7. The molecule has 0 aliphatic carbocycles. The molecule has 3 rings (SSSR count). The van der Waals surface area contributed by atoms with Crippen molar-refractivity contribution in [3.63, 3.8) is 0 Å². The maximum absolute atomic E-state index is 11.4. The van der Waals surface area contributed by atoms with Gasteiger partial charge in [0.2, 0.25) is 0 Å². The summed E-state index contributed by atoms with van der Waals surface area (Å²) in [5.41, 5.74) is 2.61. The van der Waals surface area contributed by atoms with Crippen LogP contribution in [0.2, 0.25) is 0 Å². The Morgan fingerprint density at radius 2 is 2.14 bits per heavy atom. The van der Waals surface area contributed by atoms with Crippen molar-refractivity contribution < 1.29 is 9.59 Å². The lowest BCUT2D eigenvalue weighted by Crippen LogP contribution is -2.26. The molecule has 2 aromatic rings. The number of hydrogen-bond acceptors (Lipinski definition) is 4. The van der Waals surface area contributed by atoms with Gasteiger partial charge in [-0.3, -0.25) is 15.2 Å². The number of hydrogen-bond donors (Lipinski definition) is 3. The molecule has 1 aliphatic rings. The first kappa shape index (κ1) is 14.1. The Morgan fingerprint density at radius 3 is 2.82 bits per heavy atom. The second kappa shape index (κ2) is 5.50. The number of urea groups is 1. The highest BCUT2D eigenvalue weighted by molar-refractivity contribution is 6.05. The van der Waals surface area contributed by atoms with Crippen LogP contribution in [0, 0.1) is 11.8 Å². The van der Waals surface area contributed by atoms with Crippen LogP contribution in [0.25, 0.3) is 10.9 Å². The van der Waals surface area contributed by atoms with Crippen LogP contribution >= 0.6 is 0 Å². The van der Waals surface area contributed by atoms with Gasteiger partial charge in [0.05, 0.1) is 11.2 Å². The maximum Gasteiger partial charge on any atom is 0.322 e. The summed E-state index contributed by atoms with van der Waals surface area (Å²) < 4.78 is 0. The molecule has 7 heteroatoms. The number of fused-ring (bicyclic) bond motifs is 1. The molecule has 0 radical (unpaired) electrons. The van der Waals surface area contributed by atoms with E-state index in [0.717, 1.165) is 28.7 Å². The monoisotopic (exact) mass is 297 g/mol. The van der Waals surface area contributed by atoms with E-state index in [4.69, 9.17) is 0 Å². The van der Waals surface area contributed by atoms with Gasteiger partial charge < -0.3 is 10.2 Å². The summed E-state index contributed by atoms with van der Waals surface area (Å²) >= 11 is 0. The lowest BCUT2D eigenvalue weighted by atomic mass is 10.1. The number of aromatic nitrogens is 2. The Balaban J connectivity index is 1.84. The van der Waals surface area contributed by atoms with E-state index < -0.39 is 18.0 Å². The average Bonchev–Trinajstić information content (AvgIpc) is 2.99. The van der Waals surface area contributed by atoms with Crippen molar-refractivity contribution in [2.75, 3.05) is 14.1 Å². The van der Waals surface area contributed by atoms with Crippen molar-refractivity contribution in [1.82, 2.24) is 25.7 Å². The van der Waals surface area contributed by atoms with Gasteiger partial charge in [-0.2, -0.15) is 5.10 Å². The number of aromatic amines is 1. The molecule has 2 heterocycles. The van der Waals surface area contributed by atoms with Crippen molar-refractivity contribution >= 4 is 22.8 Å². The molecule has 112 valence electrons. The summed E-state index contributed by atoms with van der Waals surface area (Å²) in [4.78, 5) is 24.5. The van der Waals surface area contributed by atoms with Gasteiger partial charge in [0.1, 0.15) is 0 Å². The van der Waals surface area contributed by atoms with Gasteiger partial charge in [0, 0.05) is 17.5 Å². The van der Waals surface area contributed by atoms with E-state index >= 15 is 0 Å². The fraction of sp³-hybridized carbons (Fsp3) is 0.267. The van der Waals surface area contributed by atoms with Crippen LogP contribution in [-0.2, 0) is 11.3 Å². The third-order valence-electron chi connectivity index (χ3n) is 3.24. The molecule has 1 fully saturated rings. The van der Waals surface area contributed by atoms with Crippen LogP contribution < -0.4 is 10.6 Å². The lowest BCUT2D eigenvalue weighted by molar-refractivity contribution is -0.119. The van der Waals surface area contributed by atoms with Crippen molar-refractivity contribution in [1.29, 1.82) is 0 Å². The second-order valence-electron chi connectivity index (χ2n) is 5.34. The molecule has 1 aliphatic heterocycles. The molecule has 0 spiro atoms. The number of nitrogens with one attached hydrogen (secondary N) is 3. The highest BCUT2D eigenvalue weighted by atomic mass is 16.2. The van der Waals surface area contributed by atoms with Crippen LogP contribution in [0.5, 0.6) is 0 Å². The Labute approximate surface area is 127 Å². The molecule has 0 bridgehead atoms. The van der Waals surface area contributed by atoms with Crippen LogP contribution in [-0.4, -0.2) is 47.2 Å². The zero-order valence-corrected chi connectivity index (χ0v) is 12.2. The number of carbonyl (C=O) groups is 2. The number of carbonyl (C=O) groups excluding carboxylic acids is 2. The topological polar surface area (TPSA) is 90.1 Å². The van der Waals surface area contributed by atoms with Crippen molar-refractivity contribution in [3.05, 3.63) is 29.5 Å². The summed E-state index contributed by atoms with van der Waals surface area (Å²) in [6, 6.07) is 4.37. The first-order valence-corrected chi connectivity index (χ1v) is 6.77. The highest BCUT2D eigenvalue weighted by Crippen LogP contribution is 2.18. The molecule has 1 aromatic heterocycles. The third kappa shape index (κ3) is 2.77. The second-order valence-corrected chi connectivity index (χ2v) is 5.34. The SMILES string of the molecule is CN(C)Cc1[nH]nc2cc(C#CC3NC(=O)NC3=O)ccc12. The minimum atomic E-state index is -0.799. The fourth-order valence-electron chi connectivity index (χ4n) is 2.26. The Morgan fingerprint density at radius 1 is 1.32 bits per heavy atom. The number of imide groups is 1. The zero-order valence-electron chi connectivity index (χ0n) is 12.2. The van der Waals surface area contributed by atoms with Crippen LogP contribution in [0.3, 0.4) is 0 Å². The summed E-state index contributed by atoms with van der Waals surface area (Å²) in [5.74, 6) is 5.21. The smallest absolute Gasteiger partial charge is 0.316 e. The summed E-state index contributed by atoms with van der Waals surface area (Å²) in [6.07, 6.45) is 0. The largest absolute Gasteiger partial charge is 0.322 e. The summed E-state index contributed by atoms with van der Waals surface area (Å²) in [7, 11) is 3.99. The van der Waals surface area contributed by atoms with Gasteiger partial charge >= 0.3 is 6.03 Å². The average molecular weight is 297 g/mol. The molecule has 0 saturated carbocycles. The fourth-order valence-corrected chi connectivity index (χ4v) is 2.26. The molecular weight excluding hydrogens is 282 g/mol. The van der Waals surface area contributed by atoms with E-state index in [-0.39, 0.29) is 0 Å². The number of nitrogens with zero attached hydrogens (tertiary/aromatic N) is 2. The van der Waals surface area contributed by atoms with Gasteiger partial charge in [-0.1, -0.05) is 11.8 Å². The number of amides is 3. The molecule has 7 nitrogen and oxygen atoms in total. The summed E-state index contributed by atoms with van der Waals surface area (Å²) in [5, 5.41) is 12.9. The van der Waals surface area contributed by atoms with E-state index in [1.54, 1.807) is 0 Å². The van der Waals surface area contributed by atoms with E-state index in [2.05, 4.69) is 37.6 Å². The maximum atomic E-state index is 11.4. The van der Waals surface area contributed by atoms with Gasteiger partial charge in [-0.05, 0) is 32.3 Å². The van der Waals surface area contributed by atoms with Crippen molar-refractivity contribution in [2.24, 2.45) is 0 Å². The summed E-state index contributed by atoms with van der Waals surface area (Å²) in [6.45, 7) is 0.774. The van der Waals surface area contributed by atoms with E-state index in [1.807, 2.05) is 32.3 Å². The Bertz CT molecular complexity index is 812. The highest BCUT2D eigenvalue weighted by Gasteiger charge is 2.27. The van der Waals surface area contributed by atoms with Gasteiger partial charge in [0.15, 0.2) is 6.04 Å². The molecule has 1 unspecified atom stereocenters. The Hall–Kier alpha value is -2.85. The van der Waals surface area contributed by atoms with E-state index in [0.29, 0.717) is 0 Å². The van der Waals surface area contributed by atoms with E-state index in [1.165, 1.54) is 0 Å². The first-order valence-electron chi connectivity index (χ1n) is 6.77. The van der Waals surface area contributed by atoms with Crippen LogP contribution in [0.15, 0.2) is 18.2 Å². The number of benzene rings is 1.